The lowest BCUT2D eigenvalue weighted by Gasteiger charge is -2.25. The van der Waals surface area contributed by atoms with E-state index in [9.17, 15) is 4.79 Å². The van der Waals surface area contributed by atoms with Gasteiger partial charge in [-0.15, -0.1) is 0 Å². The second-order valence-electron chi connectivity index (χ2n) is 7.92. The maximum Gasteiger partial charge on any atom is 0.259 e. The van der Waals surface area contributed by atoms with Crippen LogP contribution in [0.4, 0.5) is 5.82 Å². The molecule has 0 saturated carbocycles. The molecule has 1 amide bonds. The standard InChI is InChI=1S/C25H29N5O2S/c1-26-16-22(18-9-5-4-6-10-18)32-21-12-8-7-11-19(21)17-30-14-13-29(2)23-20(24(30)31)15-27-25(28-23)33-3/h4-12,15,22,26H,13-14,16-17H2,1-3H3. The third-order valence-electron chi connectivity index (χ3n) is 5.68. The lowest BCUT2D eigenvalue weighted by Crippen LogP contribution is -2.33. The van der Waals surface area contributed by atoms with Crippen LogP contribution in [0.1, 0.15) is 27.6 Å². The predicted molar refractivity (Wildman–Crippen MR) is 132 cm³/mol. The SMILES string of the molecule is CNCC(Oc1ccccc1CN1CCN(C)c2nc(SC)ncc2C1=O)c1ccccc1. The Bertz CT molecular complexity index is 1100. The third kappa shape index (κ3) is 5.29. The average Bonchev–Trinajstić information content (AvgIpc) is 2.97. The molecule has 8 heteroatoms. The van der Waals surface area contributed by atoms with Crippen LogP contribution in [0.3, 0.4) is 0 Å². The Morgan fingerprint density at radius 1 is 1.12 bits per heavy atom. The second-order valence-corrected chi connectivity index (χ2v) is 8.70. The fourth-order valence-electron chi connectivity index (χ4n) is 3.89. The predicted octanol–water partition coefficient (Wildman–Crippen LogP) is 3.63. The van der Waals surface area contributed by atoms with Crippen molar-refractivity contribution in [1.82, 2.24) is 20.2 Å². The normalized spacial score (nSPS) is 14.6. The molecule has 1 N–H and O–H groups in total. The molecular formula is C25H29N5O2S. The fourth-order valence-corrected chi connectivity index (χ4v) is 4.22. The molecule has 0 fully saturated rings. The number of carbonyl (C=O) groups is 1. The summed E-state index contributed by atoms with van der Waals surface area (Å²) in [5, 5.41) is 3.88. The molecule has 2 aromatic carbocycles. The van der Waals surface area contributed by atoms with Gasteiger partial charge in [0.25, 0.3) is 5.91 Å². The van der Waals surface area contributed by atoms with Crippen molar-refractivity contribution in [2.24, 2.45) is 0 Å². The smallest absolute Gasteiger partial charge is 0.259 e. The van der Waals surface area contributed by atoms with E-state index in [2.05, 4.69) is 27.4 Å². The zero-order valence-corrected chi connectivity index (χ0v) is 20.0. The molecule has 7 nitrogen and oxygen atoms in total. The summed E-state index contributed by atoms with van der Waals surface area (Å²) in [6.07, 6.45) is 3.44. The van der Waals surface area contributed by atoms with Gasteiger partial charge in [-0.1, -0.05) is 60.3 Å². The van der Waals surface area contributed by atoms with Crippen molar-refractivity contribution >= 4 is 23.5 Å². The van der Waals surface area contributed by atoms with E-state index in [1.807, 2.05) is 72.6 Å². The first-order chi connectivity index (χ1) is 16.1. The maximum absolute atomic E-state index is 13.4. The number of nitrogens with one attached hydrogen (secondary N) is 1. The molecule has 0 aliphatic carbocycles. The van der Waals surface area contributed by atoms with Crippen molar-refractivity contribution < 1.29 is 9.53 Å². The Labute approximate surface area is 199 Å². The number of hydrogen-bond acceptors (Lipinski definition) is 7. The monoisotopic (exact) mass is 463 g/mol. The number of hydrogen-bond donors (Lipinski definition) is 1. The van der Waals surface area contributed by atoms with Gasteiger partial charge in [-0.2, -0.15) is 0 Å². The van der Waals surface area contributed by atoms with Gasteiger partial charge < -0.3 is 19.9 Å². The number of anilines is 1. The van der Waals surface area contributed by atoms with E-state index < -0.39 is 0 Å². The molecule has 0 bridgehead atoms. The van der Waals surface area contributed by atoms with E-state index in [1.165, 1.54) is 11.8 Å². The molecule has 33 heavy (non-hydrogen) atoms. The van der Waals surface area contributed by atoms with Gasteiger partial charge in [0.05, 0.1) is 0 Å². The first-order valence-electron chi connectivity index (χ1n) is 11.0. The van der Waals surface area contributed by atoms with Crippen LogP contribution < -0.4 is 15.0 Å². The summed E-state index contributed by atoms with van der Waals surface area (Å²) in [5.41, 5.74) is 2.60. The highest BCUT2D eigenvalue weighted by atomic mass is 32.2. The second kappa shape index (κ2) is 10.7. The number of thioether (sulfide) groups is 1. The van der Waals surface area contributed by atoms with Gasteiger partial charge in [-0.05, 0) is 24.9 Å². The number of carbonyl (C=O) groups excluding carboxylic acids is 1. The van der Waals surface area contributed by atoms with Crippen LogP contribution in [0.25, 0.3) is 0 Å². The highest BCUT2D eigenvalue weighted by Gasteiger charge is 2.28. The number of rotatable bonds is 8. The Morgan fingerprint density at radius 3 is 2.64 bits per heavy atom. The lowest BCUT2D eigenvalue weighted by molar-refractivity contribution is 0.0751. The number of aromatic nitrogens is 2. The van der Waals surface area contributed by atoms with Gasteiger partial charge >= 0.3 is 0 Å². The van der Waals surface area contributed by atoms with Crippen LogP contribution in [0.2, 0.25) is 0 Å². The van der Waals surface area contributed by atoms with Crippen molar-refractivity contribution in [2.45, 2.75) is 17.8 Å². The summed E-state index contributed by atoms with van der Waals surface area (Å²) in [5.74, 6) is 1.40. The Balaban J connectivity index is 1.59. The maximum atomic E-state index is 13.4. The van der Waals surface area contributed by atoms with E-state index >= 15 is 0 Å². The van der Waals surface area contributed by atoms with Gasteiger partial charge in [0.2, 0.25) is 0 Å². The van der Waals surface area contributed by atoms with Crippen molar-refractivity contribution in [3.05, 3.63) is 77.5 Å². The van der Waals surface area contributed by atoms with E-state index in [0.717, 1.165) is 16.9 Å². The van der Waals surface area contributed by atoms with Gasteiger partial charge in [-0.3, -0.25) is 4.79 Å². The molecule has 0 spiro atoms. The molecule has 0 saturated heterocycles. The van der Waals surface area contributed by atoms with Gasteiger partial charge in [0.15, 0.2) is 5.16 Å². The molecule has 0 radical (unpaired) electrons. The summed E-state index contributed by atoms with van der Waals surface area (Å²) in [4.78, 5) is 26.2. The number of ether oxygens (including phenoxy) is 1. The molecule has 2 heterocycles. The first-order valence-corrected chi connectivity index (χ1v) is 12.2. The van der Waals surface area contributed by atoms with E-state index in [-0.39, 0.29) is 12.0 Å². The molecule has 3 aromatic rings. The zero-order valence-electron chi connectivity index (χ0n) is 19.2. The molecule has 1 unspecified atom stereocenters. The van der Waals surface area contributed by atoms with Crippen molar-refractivity contribution in [3.8, 4) is 5.75 Å². The minimum Gasteiger partial charge on any atom is -0.484 e. The topological polar surface area (TPSA) is 70.6 Å². The highest BCUT2D eigenvalue weighted by Crippen LogP contribution is 2.29. The van der Waals surface area contributed by atoms with Crippen LogP contribution in [-0.2, 0) is 6.54 Å². The highest BCUT2D eigenvalue weighted by molar-refractivity contribution is 7.98. The number of fused-ring (bicyclic) bond motifs is 1. The minimum absolute atomic E-state index is 0.0633. The van der Waals surface area contributed by atoms with Gasteiger partial charge in [-0.25, -0.2) is 9.97 Å². The average molecular weight is 464 g/mol. The first kappa shape index (κ1) is 23.1. The Kier molecular flexibility index (Phi) is 7.47. The van der Waals surface area contributed by atoms with E-state index in [0.29, 0.717) is 42.7 Å². The molecule has 172 valence electrons. The molecule has 1 aliphatic heterocycles. The molecule has 1 atom stereocenters. The number of benzene rings is 2. The van der Waals surface area contributed by atoms with Crippen LogP contribution in [0.5, 0.6) is 5.75 Å². The summed E-state index contributed by atoms with van der Waals surface area (Å²) in [7, 11) is 3.88. The van der Waals surface area contributed by atoms with Crippen molar-refractivity contribution in [2.75, 3.05) is 44.9 Å². The molecule has 4 rings (SSSR count). The number of amides is 1. The zero-order chi connectivity index (χ0) is 23.2. The number of nitrogens with zero attached hydrogens (tertiary/aromatic N) is 4. The number of likely N-dealkylation sites (N-methyl/N-ethyl adjacent to an activating group) is 2. The summed E-state index contributed by atoms with van der Waals surface area (Å²) in [6.45, 7) is 2.41. The van der Waals surface area contributed by atoms with Crippen molar-refractivity contribution in [1.29, 1.82) is 0 Å². The van der Waals surface area contributed by atoms with Gasteiger partial charge in [0.1, 0.15) is 23.2 Å². The largest absolute Gasteiger partial charge is 0.484 e. The van der Waals surface area contributed by atoms with Crippen LogP contribution >= 0.6 is 11.8 Å². The minimum atomic E-state index is -0.137. The van der Waals surface area contributed by atoms with Crippen molar-refractivity contribution in [3.63, 3.8) is 0 Å². The quantitative estimate of drug-likeness (QED) is 0.404. The third-order valence-corrected chi connectivity index (χ3v) is 6.24. The molecule has 1 aliphatic rings. The van der Waals surface area contributed by atoms with Crippen LogP contribution in [-0.4, -0.2) is 60.8 Å². The summed E-state index contributed by atoms with van der Waals surface area (Å²) >= 11 is 1.47. The lowest BCUT2D eigenvalue weighted by atomic mass is 10.1. The fraction of sp³-hybridized carbons (Fsp3) is 0.320. The summed E-state index contributed by atoms with van der Waals surface area (Å²) < 4.78 is 6.46. The number of para-hydroxylation sites is 1. The Morgan fingerprint density at radius 2 is 1.88 bits per heavy atom. The molecule has 1 aromatic heterocycles. The van der Waals surface area contributed by atoms with Gasteiger partial charge in [0, 0.05) is 45.0 Å². The molecular weight excluding hydrogens is 434 g/mol. The van der Waals surface area contributed by atoms with Crippen LogP contribution in [0.15, 0.2) is 66.0 Å². The Hall–Kier alpha value is -3.10. The van der Waals surface area contributed by atoms with E-state index in [1.54, 1.807) is 6.20 Å². The van der Waals surface area contributed by atoms with Crippen LogP contribution in [0, 0.1) is 0 Å². The summed E-state index contributed by atoms with van der Waals surface area (Å²) in [6, 6.07) is 18.1. The van der Waals surface area contributed by atoms with E-state index in [4.69, 9.17) is 4.74 Å².